The van der Waals surface area contributed by atoms with Gasteiger partial charge in [-0.15, -0.1) is 0 Å². The zero-order chi connectivity index (χ0) is 13.5. The number of hydrogen-bond donors (Lipinski definition) is 0. The van der Waals surface area contributed by atoms with Gasteiger partial charge in [0.1, 0.15) is 12.9 Å². The minimum absolute atomic E-state index is 0.158. The molecule has 0 saturated heterocycles. The van der Waals surface area contributed by atoms with Crippen molar-refractivity contribution >= 4 is 11.0 Å². The monoisotopic (exact) mass is 269 g/mol. The Morgan fingerprint density at radius 1 is 1.35 bits per heavy atom. The van der Waals surface area contributed by atoms with Crippen molar-refractivity contribution in [2.45, 2.75) is 25.3 Å². The van der Waals surface area contributed by atoms with E-state index in [1.54, 1.807) is 18.3 Å². The first-order valence-electron chi connectivity index (χ1n) is 6.44. The van der Waals surface area contributed by atoms with Crippen molar-refractivity contribution in [1.82, 2.24) is 24.7 Å². The van der Waals surface area contributed by atoms with Crippen LogP contribution >= 0.6 is 0 Å². The fourth-order valence-electron chi connectivity index (χ4n) is 2.10. The summed E-state index contributed by atoms with van der Waals surface area (Å²) in [6.07, 6.45) is 5.29. The van der Waals surface area contributed by atoms with Crippen molar-refractivity contribution < 1.29 is 4.52 Å². The van der Waals surface area contributed by atoms with Crippen LogP contribution in [0.5, 0.6) is 0 Å². The first-order chi connectivity index (χ1) is 9.81. The molecule has 3 heterocycles. The van der Waals surface area contributed by atoms with Gasteiger partial charge in [0.25, 0.3) is 5.56 Å². The Hall–Kier alpha value is -2.57. The van der Waals surface area contributed by atoms with Gasteiger partial charge in [-0.25, -0.2) is 9.97 Å². The smallest absolute Gasteiger partial charge is 0.263 e. The second kappa shape index (κ2) is 4.22. The molecule has 0 bridgehead atoms. The first-order valence-corrected chi connectivity index (χ1v) is 6.44. The van der Waals surface area contributed by atoms with Crippen molar-refractivity contribution in [3.05, 3.63) is 46.7 Å². The molecular formula is C13H11N5O2. The Morgan fingerprint density at radius 3 is 3.10 bits per heavy atom. The highest BCUT2D eigenvalue weighted by Gasteiger charge is 2.28. The third-order valence-electron chi connectivity index (χ3n) is 3.33. The van der Waals surface area contributed by atoms with Crippen molar-refractivity contribution in [3.63, 3.8) is 0 Å². The van der Waals surface area contributed by atoms with E-state index >= 15 is 0 Å². The largest absolute Gasteiger partial charge is 0.337 e. The molecule has 3 aromatic rings. The molecule has 1 fully saturated rings. The van der Waals surface area contributed by atoms with Gasteiger partial charge in [-0.05, 0) is 25.0 Å². The van der Waals surface area contributed by atoms with E-state index in [4.69, 9.17) is 4.52 Å². The van der Waals surface area contributed by atoms with E-state index in [0.29, 0.717) is 22.8 Å². The molecule has 0 atom stereocenters. The molecule has 3 aromatic heterocycles. The van der Waals surface area contributed by atoms with Crippen LogP contribution < -0.4 is 5.56 Å². The van der Waals surface area contributed by atoms with Crippen LogP contribution in [0.3, 0.4) is 0 Å². The van der Waals surface area contributed by atoms with Crippen molar-refractivity contribution in [2.75, 3.05) is 0 Å². The van der Waals surface area contributed by atoms with Crippen LogP contribution in [0.25, 0.3) is 11.0 Å². The predicted molar refractivity (Wildman–Crippen MR) is 69.2 cm³/mol. The maximum atomic E-state index is 12.3. The lowest BCUT2D eigenvalue weighted by atomic mass is 10.3. The molecule has 0 aromatic carbocycles. The molecule has 20 heavy (non-hydrogen) atoms. The van der Waals surface area contributed by atoms with E-state index in [1.165, 1.54) is 10.9 Å². The van der Waals surface area contributed by atoms with E-state index in [-0.39, 0.29) is 12.1 Å². The normalized spacial score (nSPS) is 14.8. The average molecular weight is 269 g/mol. The molecule has 100 valence electrons. The topological polar surface area (TPSA) is 86.7 Å². The third kappa shape index (κ3) is 1.87. The summed E-state index contributed by atoms with van der Waals surface area (Å²) in [7, 11) is 0. The SMILES string of the molecule is O=c1c2cccnc2ncn1Cc1nc(C2CC2)no1. The highest BCUT2D eigenvalue weighted by Crippen LogP contribution is 2.38. The summed E-state index contributed by atoms with van der Waals surface area (Å²) in [5, 5.41) is 4.42. The van der Waals surface area contributed by atoms with Gasteiger partial charge < -0.3 is 4.52 Å². The summed E-state index contributed by atoms with van der Waals surface area (Å²) in [6.45, 7) is 0.233. The standard InChI is InChI=1S/C13H11N5O2/c19-13-9-2-1-5-14-12(9)15-7-18(13)6-10-16-11(17-20-10)8-3-4-8/h1-2,5,7-8H,3-4,6H2. The Morgan fingerprint density at radius 2 is 2.25 bits per heavy atom. The fraction of sp³-hybridized carbons (Fsp3) is 0.308. The van der Waals surface area contributed by atoms with E-state index in [2.05, 4.69) is 20.1 Å². The summed E-state index contributed by atoms with van der Waals surface area (Å²) in [5.74, 6) is 1.60. The Kier molecular flexibility index (Phi) is 2.38. The summed E-state index contributed by atoms with van der Waals surface area (Å²) in [4.78, 5) is 24.8. The van der Waals surface area contributed by atoms with Crippen LogP contribution in [-0.4, -0.2) is 24.7 Å². The summed E-state index contributed by atoms with van der Waals surface area (Å²) >= 11 is 0. The van der Waals surface area contributed by atoms with Crippen LogP contribution in [0.1, 0.15) is 30.5 Å². The molecule has 0 aliphatic heterocycles. The molecule has 1 aliphatic carbocycles. The number of hydrogen-bond acceptors (Lipinski definition) is 6. The average Bonchev–Trinajstić information content (AvgIpc) is 3.23. The molecule has 1 saturated carbocycles. The van der Waals surface area contributed by atoms with Crippen molar-refractivity contribution in [2.24, 2.45) is 0 Å². The highest BCUT2D eigenvalue weighted by atomic mass is 16.5. The Labute approximate surface area is 113 Å². The molecule has 7 heteroatoms. The Balaban J connectivity index is 1.70. The maximum absolute atomic E-state index is 12.3. The molecule has 7 nitrogen and oxygen atoms in total. The lowest BCUT2D eigenvalue weighted by molar-refractivity contribution is 0.364. The zero-order valence-corrected chi connectivity index (χ0v) is 10.6. The molecular weight excluding hydrogens is 258 g/mol. The minimum atomic E-state index is -0.158. The molecule has 0 radical (unpaired) electrons. The molecule has 0 spiro atoms. The van der Waals surface area contributed by atoms with Gasteiger partial charge >= 0.3 is 0 Å². The molecule has 0 amide bonds. The maximum Gasteiger partial charge on any atom is 0.263 e. The summed E-state index contributed by atoms with van der Waals surface area (Å²) < 4.78 is 6.63. The summed E-state index contributed by atoms with van der Waals surface area (Å²) in [6, 6.07) is 3.42. The van der Waals surface area contributed by atoms with Crippen LogP contribution in [0.4, 0.5) is 0 Å². The summed E-state index contributed by atoms with van der Waals surface area (Å²) in [5.41, 5.74) is 0.284. The van der Waals surface area contributed by atoms with Gasteiger partial charge in [-0.1, -0.05) is 5.16 Å². The van der Waals surface area contributed by atoms with Gasteiger partial charge in [-0.3, -0.25) is 9.36 Å². The minimum Gasteiger partial charge on any atom is -0.337 e. The second-order valence-electron chi connectivity index (χ2n) is 4.87. The first kappa shape index (κ1) is 11.3. The van der Waals surface area contributed by atoms with E-state index < -0.39 is 0 Å². The van der Waals surface area contributed by atoms with Crippen LogP contribution in [0, 0.1) is 0 Å². The second-order valence-corrected chi connectivity index (χ2v) is 4.87. The Bertz CT molecular complexity index is 834. The van der Waals surface area contributed by atoms with E-state index in [1.807, 2.05) is 0 Å². The number of pyridine rings is 1. The van der Waals surface area contributed by atoms with Crippen molar-refractivity contribution in [1.29, 1.82) is 0 Å². The van der Waals surface area contributed by atoms with Gasteiger partial charge in [0, 0.05) is 12.1 Å². The van der Waals surface area contributed by atoms with E-state index in [0.717, 1.165) is 18.7 Å². The van der Waals surface area contributed by atoms with Gasteiger partial charge in [0.05, 0.1) is 5.39 Å². The quantitative estimate of drug-likeness (QED) is 0.707. The van der Waals surface area contributed by atoms with Gasteiger partial charge in [0.15, 0.2) is 11.5 Å². The molecule has 0 N–H and O–H groups in total. The van der Waals surface area contributed by atoms with Crippen LogP contribution in [-0.2, 0) is 6.54 Å². The van der Waals surface area contributed by atoms with Gasteiger partial charge in [-0.2, -0.15) is 4.98 Å². The van der Waals surface area contributed by atoms with E-state index in [9.17, 15) is 4.79 Å². The van der Waals surface area contributed by atoms with Crippen LogP contribution in [0.15, 0.2) is 34.0 Å². The number of nitrogens with zero attached hydrogens (tertiary/aromatic N) is 5. The molecule has 4 rings (SSSR count). The number of fused-ring (bicyclic) bond motifs is 1. The third-order valence-corrected chi connectivity index (χ3v) is 3.33. The number of aromatic nitrogens is 5. The molecule has 1 aliphatic rings. The fourth-order valence-corrected chi connectivity index (χ4v) is 2.10. The van der Waals surface area contributed by atoms with Gasteiger partial charge in [0.2, 0.25) is 5.89 Å². The predicted octanol–water partition coefficient (Wildman–Crippen LogP) is 1.10. The highest BCUT2D eigenvalue weighted by molar-refractivity contribution is 5.72. The zero-order valence-electron chi connectivity index (χ0n) is 10.6. The lowest BCUT2D eigenvalue weighted by Crippen LogP contribution is -2.21. The molecule has 0 unspecified atom stereocenters. The lowest BCUT2D eigenvalue weighted by Gasteiger charge is -2.02. The van der Waals surface area contributed by atoms with Crippen LogP contribution in [0.2, 0.25) is 0 Å². The van der Waals surface area contributed by atoms with Crippen molar-refractivity contribution in [3.8, 4) is 0 Å². The number of rotatable bonds is 3.